The van der Waals surface area contributed by atoms with Crippen molar-refractivity contribution in [1.82, 2.24) is 0 Å². The Bertz CT molecular complexity index is 599. The van der Waals surface area contributed by atoms with Gasteiger partial charge in [-0.25, -0.2) is 4.89 Å². The van der Waals surface area contributed by atoms with Gasteiger partial charge in [0, 0.05) is 17.7 Å². The van der Waals surface area contributed by atoms with Gasteiger partial charge in [0.2, 0.25) is 0 Å². The minimum absolute atomic E-state index is 0.155. The van der Waals surface area contributed by atoms with Crippen molar-refractivity contribution >= 4 is 45.6 Å². The highest BCUT2D eigenvalue weighted by molar-refractivity contribution is 7.89. The smallest absolute Gasteiger partial charge is 0.376 e. The van der Waals surface area contributed by atoms with Crippen LogP contribution in [0.25, 0.3) is 0 Å². The number of alkyl halides is 3. The van der Waals surface area contributed by atoms with Crippen LogP contribution in [0, 0.1) is 0 Å². The van der Waals surface area contributed by atoms with Gasteiger partial charge in [0.15, 0.2) is 12.3 Å². The Kier molecular flexibility index (Phi) is 7.05. The van der Waals surface area contributed by atoms with Gasteiger partial charge in [0.25, 0.3) is 0 Å². The molecule has 1 aromatic carbocycles. The maximum Gasteiger partial charge on any atom is 0.534 e. The van der Waals surface area contributed by atoms with E-state index in [-0.39, 0.29) is 22.2 Å². The van der Waals surface area contributed by atoms with E-state index >= 15 is 0 Å². The first-order valence-electron chi connectivity index (χ1n) is 5.06. The molecule has 0 aliphatic rings. The molecule has 0 saturated carbocycles. The van der Waals surface area contributed by atoms with Crippen LogP contribution in [0.15, 0.2) is 12.1 Å². The topological polar surface area (TPSA) is 71.1 Å². The molecule has 0 aromatic heterocycles. The third-order valence-electron chi connectivity index (χ3n) is 1.95. The molecule has 1 rings (SSSR count). The molecule has 0 fully saturated rings. The van der Waals surface area contributed by atoms with Crippen molar-refractivity contribution in [3.8, 4) is 5.75 Å². The van der Waals surface area contributed by atoms with Crippen LogP contribution in [0.3, 0.4) is 0 Å². The molecule has 0 saturated heterocycles. The molecule has 6 nitrogen and oxygen atoms in total. The monoisotopic (exact) mass is 402 g/mol. The zero-order valence-electron chi connectivity index (χ0n) is 10.5. The predicted molar refractivity (Wildman–Crippen MR) is 72.5 cm³/mol. The zero-order chi connectivity index (χ0) is 17.0. The molecule has 0 radical (unpaired) electrons. The Morgan fingerprint density at radius 3 is 2.23 bits per heavy atom. The van der Waals surface area contributed by atoms with Crippen LogP contribution < -0.4 is 4.18 Å². The Morgan fingerprint density at radius 1 is 1.23 bits per heavy atom. The van der Waals surface area contributed by atoms with Crippen LogP contribution >= 0.6 is 35.5 Å². The van der Waals surface area contributed by atoms with E-state index in [1.54, 1.807) is 0 Å². The largest absolute Gasteiger partial charge is 0.534 e. The Balaban J connectivity index is 2.90. The predicted octanol–water partition coefficient (Wildman–Crippen LogP) is 3.88. The van der Waals surface area contributed by atoms with Gasteiger partial charge in [-0.1, -0.05) is 23.2 Å². The standard InChI is InChI=1S/C9H7Cl2F3O6S2/c1-17-20-21-18-4-6-7(10)2-5(3-8(6)11)19-22(15,16)9(12,13)14/h2-3H,4H2,1H3. The molecule has 126 valence electrons. The third kappa shape index (κ3) is 5.33. The molecule has 13 heteroatoms. The van der Waals surface area contributed by atoms with Gasteiger partial charge in [-0.15, -0.1) is 4.33 Å². The third-order valence-corrected chi connectivity index (χ3v) is 4.01. The highest BCUT2D eigenvalue weighted by atomic mass is 35.5. The highest BCUT2D eigenvalue weighted by Crippen LogP contribution is 2.34. The number of hydrogen-bond donors (Lipinski definition) is 0. The summed E-state index contributed by atoms with van der Waals surface area (Å²) in [5.74, 6) is -0.683. The normalized spacial score (nSPS) is 12.5. The van der Waals surface area contributed by atoms with E-state index in [9.17, 15) is 21.6 Å². The molecular formula is C9H7Cl2F3O6S2. The fraction of sp³-hybridized carbons (Fsp3) is 0.333. The fourth-order valence-corrected chi connectivity index (χ4v) is 2.35. The van der Waals surface area contributed by atoms with Crippen molar-refractivity contribution in [3.63, 3.8) is 0 Å². The van der Waals surface area contributed by atoms with Crippen molar-refractivity contribution in [2.75, 3.05) is 7.11 Å². The summed E-state index contributed by atoms with van der Waals surface area (Å²) in [4.78, 5) is 4.22. The molecule has 0 N–H and O–H groups in total. The molecule has 22 heavy (non-hydrogen) atoms. The van der Waals surface area contributed by atoms with E-state index in [0.717, 1.165) is 12.1 Å². The molecule has 0 unspecified atom stereocenters. The lowest BCUT2D eigenvalue weighted by Crippen LogP contribution is -2.28. The first kappa shape index (κ1) is 19.6. The maximum absolute atomic E-state index is 12.2. The SMILES string of the molecule is COOSOCc1c(Cl)cc(OS(=O)(=O)C(F)(F)F)cc1Cl. The average Bonchev–Trinajstić information content (AvgIpc) is 2.35. The van der Waals surface area contributed by atoms with E-state index in [1.165, 1.54) is 7.11 Å². The minimum atomic E-state index is -5.81. The molecule has 0 aliphatic carbocycles. The zero-order valence-corrected chi connectivity index (χ0v) is 13.7. The van der Waals surface area contributed by atoms with Crippen LogP contribution in [-0.2, 0) is 30.1 Å². The van der Waals surface area contributed by atoms with Crippen molar-refractivity contribution in [3.05, 3.63) is 27.7 Å². The number of rotatable bonds is 7. The second-order valence-corrected chi connectivity index (χ2v) is 6.27. The first-order chi connectivity index (χ1) is 10.1. The molecule has 1 aromatic rings. The Labute approximate surface area is 137 Å². The van der Waals surface area contributed by atoms with Crippen molar-refractivity contribution in [1.29, 1.82) is 0 Å². The van der Waals surface area contributed by atoms with Crippen LogP contribution in [0.2, 0.25) is 10.0 Å². The van der Waals surface area contributed by atoms with Gasteiger partial charge < -0.3 is 4.18 Å². The summed E-state index contributed by atoms with van der Waals surface area (Å²) in [6, 6.07) is 1.72. The summed E-state index contributed by atoms with van der Waals surface area (Å²) in [6.07, 6.45) is 0. The van der Waals surface area contributed by atoms with Crippen LogP contribution in [0.1, 0.15) is 5.56 Å². The lowest BCUT2D eigenvalue weighted by atomic mass is 10.2. The van der Waals surface area contributed by atoms with Crippen LogP contribution in [0.5, 0.6) is 5.75 Å². The van der Waals surface area contributed by atoms with E-state index in [1.807, 2.05) is 0 Å². The van der Waals surface area contributed by atoms with Crippen molar-refractivity contribution < 1.29 is 39.2 Å². The minimum Gasteiger partial charge on any atom is -0.376 e. The lowest BCUT2D eigenvalue weighted by molar-refractivity contribution is -0.167. The van der Waals surface area contributed by atoms with Crippen molar-refractivity contribution in [2.24, 2.45) is 0 Å². The van der Waals surface area contributed by atoms with E-state index in [2.05, 4.69) is 13.4 Å². The van der Waals surface area contributed by atoms with E-state index in [4.69, 9.17) is 27.4 Å². The highest BCUT2D eigenvalue weighted by Gasteiger charge is 2.48. The van der Waals surface area contributed by atoms with E-state index < -0.39 is 21.4 Å². The fourth-order valence-electron chi connectivity index (χ4n) is 1.07. The second kappa shape index (κ2) is 7.90. The molecule has 0 aliphatic heterocycles. The maximum atomic E-state index is 12.2. The second-order valence-electron chi connectivity index (χ2n) is 3.41. The van der Waals surface area contributed by atoms with Gasteiger partial charge in [-0.3, -0.25) is 4.18 Å². The average molecular weight is 403 g/mol. The van der Waals surface area contributed by atoms with Gasteiger partial charge in [0.05, 0.1) is 23.8 Å². The number of benzene rings is 1. The molecule has 0 atom stereocenters. The molecule has 0 heterocycles. The molecular weight excluding hydrogens is 396 g/mol. The summed E-state index contributed by atoms with van der Waals surface area (Å²) in [5, 5.41) is -0.309. The van der Waals surface area contributed by atoms with E-state index in [0.29, 0.717) is 12.3 Å². The molecule has 0 spiro atoms. The first-order valence-corrected chi connectivity index (χ1v) is 7.89. The van der Waals surface area contributed by atoms with Gasteiger partial charge in [-0.05, 0) is 0 Å². The van der Waals surface area contributed by atoms with Crippen molar-refractivity contribution in [2.45, 2.75) is 12.1 Å². The summed E-state index contributed by atoms with van der Waals surface area (Å²) in [5.41, 5.74) is -5.38. The quantitative estimate of drug-likeness (QED) is 0.171. The van der Waals surface area contributed by atoms with Gasteiger partial charge >= 0.3 is 15.6 Å². The summed E-state index contributed by atoms with van der Waals surface area (Å²) < 4.78 is 71.5. The van der Waals surface area contributed by atoms with Gasteiger partial charge in [-0.2, -0.15) is 21.6 Å². The Hall–Kier alpha value is -0.430. The van der Waals surface area contributed by atoms with Gasteiger partial charge in [0.1, 0.15) is 5.75 Å². The summed E-state index contributed by atoms with van der Waals surface area (Å²) >= 11 is 12.0. The lowest BCUT2D eigenvalue weighted by Gasteiger charge is -2.12. The van der Waals surface area contributed by atoms with Crippen LogP contribution in [-0.4, -0.2) is 21.0 Å². The molecule has 0 amide bonds. The Morgan fingerprint density at radius 2 is 1.77 bits per heavy atom. The number of halogens is 5. The summed E-state index contributed by atoms with van der Waals surface area (Å²) in [6.45, 7) is -0.183. The van der Waals surface area contributed by atoms with Crippen LogP contribution in [0.4, 0.5) is 13.2 Å². The summed E-state index contributed by atoms with van der Waals surface area (Å²) in [7, 11) is -4.57. The molecule has 0 bridgehead atoms. The number of hydrogen-bond acceptors (Lipinski definition) is 7.